The molecular weight excluding hydrogens is 368 g/mol. The average Bonchev–Trinajstić information content (AvgIpc) is 3.26. The van der Waals surface area contributed by atoms with Crippen LogP contribution in [0.1, 0.15) is 35.2 Å². The van der Waals surface area contributed by atoms with Crippen molar-refractivity contribution in [3.8, 4) is 0 Å². The van der Waals surface area contributed by atoms with Crippen molar-refractivity contribution >= 4 is 17.3 Å². The monoisotopic (exact) mass is 396 g/mol. The molecule has 0 saturated carbocycles. The maximum atomic E-state index is 12.4. The first-order valence-electron chi connectivity index (χ1n) is 10.1. The number of amides is 1. The predicted octanol–water partition coefficient (Wildman–Crippen LogP) is 3.45. The summed E-state index contributed by atoms with van der Waals surface area (Å²) in [5.74, 6) is -0.271. The SMILES string of the molecule is CN(CCCNC(=O)c1ccc(N2CCCC2)c([N+](=O)[O-])c1)Cc1ccccc1. The molecule has 154 valence electrons. The minimum absolute atomic E-state index is 0.00199. The number of nitro benzene ring substituents is 1. The van der Waals surface area contributed by atoms with Crippen LogP contribution < -0.4 is 10.2 Å². The first-order chi connectivity index (χ1) is 14.0. The molecule has 7 heteroatoms. The maximum absolute atomic E-state index is 12.4. The van der Waals surface area contributed by atoms with E-state index in [1.807, 2.05) is 23.1 Å². The van der Waals surface area contributed by atoms with E-state index in [9.17, 15) is 14.9 Å². The van der Waals surface area contributed by atoms with Crippen LogP contribution in [-0.4, -0.2) is 49.0 Å². The standard InChI is InChI=1S/C22H28N4O3/c1-24(17-18-8-3-2-4-9-18)13-7-12-23-22(27)19-10-11-20(21(16-19)26(28)29)25-14-5-6-15-25/h2-4,8-11,16H,5-7,12-15,17H2,1H3,(H,23,27). The molecule has 0 aliphatic carbocycles. The molecule has 0 radical (unpaired) electrons. The molecule has 0 atom stereocenters. The molecule has 29 heavy (non-hydrogen) atoms. The first-order valence-corrected chi connectivity index (χ1v) is 10.1. The Balaban J connectivity index is 1.50. The summed E-state index contributed by atoms with van der Waals surface area (Å²) in [7, 11) is 2.05. The Morgan fingerprint density at radius 1 is 1.17 bits per heavy atom. The Morgan fingerprint density at radius 3 is 2.59 bits per heavy atom. The Kier molecular flexibility index (Phi) is 7.19. The van der Waals surface area contributed by atoms with Gasteiger partial charge in [-0.15, -0.1) is 0 Å². The molecule has 1 aliphatic heterocycles. The van der Waals surface area contributed by atoms with Gasteiger partial charge in [0, 0.05) is 37.8 Å². The molecule has 1 fully saturated rings. The molecule has 1 N–H and O–H groups in total. The van der Waals surface area contributed by atoms with Crippen LogP contribution in [0.15, 0.2) is 48.5 Å². The van der Waals surface area contributed by atoms with Gasteiger partial charge >= 0.3 is 0 Å². The molecule has 1 amide bonds. The highest BCUT2D eigenvalue weighted by atomic mass is 16.6. The zero-order valence-corrected chi connectivity index (χ0v) is 16.8. The molecule has 0 spiro atoms. The third-order valence-electron chi connectivity index (χ3n) is 5.18. The molecule has 0 unspecified atom stereocenters. The number of nitrogens with one attached hydrogen (secondary N) is 1. The topological polar surface area (TPSA) is 78.7 Å². The van der Waals surface area contributed by atoms with Crippen LogP contribution in [0.2, 0.25) is 0 Å². The van der Waals surface area contributed by atoms with E-state index in [2.05, 4.69) is 29.4 Å². The highest BCUT2D eigenvalue weighted by molar-refractivity contribution is 5.95. The van der Waals surface area contributed by atoms with Gasteiger partial charge in [-0.25, -0.2) is 0 Å². The van der Waals surface area contributed by atoms with Crippen molar-refractivity contribution in [1.29, 1.82) is 0 Å². The lowest BCUT2D eigenvalue weighted by Crippen LogP contribution is -2.28. The Morgan fingerprint density at radius 2 is 1.90 bits per heavy atom. The number of benzene rings is 2. The summed E-state index contributed by atoms with van der Waals surface area (Å²) in [6.45, 7) is 3.88. The van der Waals surface area contributed by atoms with Crippen LogP contribution in [0, 0.1) is 10.1 Å². The Hall–Kier alpha value is -2.93. The van der Waals surface area contributed by atoms with E-state index in [4.69, 9.17) is 0 Å². The molecule has 0 aromatic heterocycles. The van der Waals surface area contributed by atoms with Gasteiger partial charge < -0.3 is 15.1 Å². The molecular formula is C22H28N4O3. The third kappa shape index (κ3) is 5.77. The maximum Gasteiger partial charge on any atom is 0.293 e. The van der Waals surface area contributed by atoms with E-state index >= 15 is 0 Å². The minimum Gasteiger partial charge on any atom is -0.366 e. The molecule has 0 bridgehead atoms. The first kappa shape index (κ1) is 20.8. The van der Waals surface area contributed by atoms with Crippen molar-refractivity contribution in [2.75, 3.05) is 38.1 Å². The highest BCUT2D eigenvalue weighted by Crippen LogP contribution is 2.31. The molecule has 1 aliphatic rings. The Labute approximate surface area is 171 Å². The van der Waals surface area contributed by atoms with Gasteiger partial charge in [-0.05, 0) is 50.6 Å². The number of hydrogen-bond donors (Lipinski definition) is 1. The van der Waals surface area contributed by atoms with Gasteiger partial charge in [-0.3, -0.25) is 14.9 Å². The van der Waals surface area contributed by atoms with Crippen molar-refractivity contribution in [3.63, 3.8) is 0 Å². The normalized spacial score (nSPS) is 13.7. The zero-order valence-electron chi connectivity index (χ0n) is 16.8. The van der Waals surface area contributed by atoms with Gasteiger partial charge in [0.25, 0.3) is 11.6 Å². The lowest BCUT2D eigenvalue weighted by molar-refractivity contribution is -0.384. The van der Waals surface area contributed by atoms with E-state index in [1.165, 1.54) is 11.6 Å². The van der Waals surface area contributed by atoms with Crippen LogP contribution in [0.4, 0.5) is 11.4 Å². The third-order valence-corrected chi connectivity index (χ3v) is 5.18. The number of carbonyl (C=O) groups excluding carboxylic acids is 1. The lowest BCUT2D eigenvalue weighted by atomic mass is 10.1. The van der Waals surface area contributed by atoms with E-state index in [0.717, 1.165) is 45.4 Å². The van der Waals surface area contributed by atoms with Gasteiger partial charge in [-0.1, -0.05) is 30.3 Å². The molecule has 2 aromatic rings. The number of anilines is 1. The second-order valence-electron chi connectivity index (χ2n) is 7.49. The average molecular weight is 396 g/mol. The van der Waals surface area contributed by atoms with Gasteiger partial charge in [0.2, 0.25) is 0 Å². The molecule has 1 saturated heterocycles. The largest absolute Gasteiger partial charge is 0.366 e. The van der Waals surface area contributed by atoms with Gasteiger partial charge in [0.15, 0.2) is 0 Å². The fraction of sp³-hybridized carbons (Fsp3) is 0.409. The van der Waals surface area contributed by atoms with Crippen LogP contribution in [0.25, 0.3) is 0 Å². The lowest BCUT2D eigenvalue weighted by Gasteiger charge is -2.18. The van der Waals surface area contributed by atoms with Gasteiger partial charge in [0.1, 0.15) is 5.69 Å². The van der Waals surface area contributed by atoms with Crippen molar-refractivity contribution in [2.45, 2.75) is 25.8 Å². The zero-order chi connectivity index (χ0) is 20.6. The van der Waals surface area contributed by atoms with E-state index < -0.39 is 4.92 Å². The predicted molar refractivity (Wildman–Crippen MR) is 114 cm³/mol. The summed E-state index contributed by atoms with van der Waals surface area (Å²) in [6, 6.07) is 15.0. The summed E-state index contributed by atoms with van der Waals surface area (Å²) in [4.78, 5) is 27.7. The fourth-order valence-corrected chi connectivity index (χ4v) is 3.66. The van der Waals surface area contributed by atoms with Crippen molar-refractivity contribution in [2.24, 2.45) is 0 Å². The highest BCUT2D eigenvalue weighted by Gasteiger charge is 2.23. The summed E-state index contributed by atoms with van der Waals surface area (Å²) in [5.41, 5.74) is 2.19. The summed E-state index contributed by atoms with van der Waals surface area (Å²) < 4.78 is 0. The summed E-state index contributed by atoms with van der Waals surface area (Å²) in [5, 5.41) is 14.4. The van der Waals surface area contributed by atoms with Crippen LogP contribution >= 0.6 is 0 Å². The summed E-state index contributed by atoms with van der Waals surface area (Å²) in [6.07, 6.45) is 2.89. The van der Waals surface area contributed by atoms with Crippen LogP contribution in [-0.2, 0) is 6.54 Å². The number of hydrogen-bond acceptors (Lipinski definition) is 5. The molecule has 2 aromatic carbocycles. The molecule has 1 heterocycles. The number of nitrogens with zero attached hydrogens (tertiary/aromatic N) is 3. The Bertz CT molecular complexity index is 835. The summed E-state index contributed by atoms with van der Waals surface area (Å²) >= 11 is 0. The smallest absolute Gasteiger partial charge is 0.293 e. The second kappa shape index (κ2) is 10.0. The van der Waals surface area contributed by atoms with E-state index in [1.54, 1.807) is 12.1 Å². The van der Waals surface area contributed by atoms with E-state index in [0.29, 0.717) is 17.8 Å². The van der Waals surface area contributed by atoms with Crippen LogP contribution in [0.5, 0.6) is 0 Å². The van der Waals surface area contributed by atoms with Crippen LogP contribution in [0.3, 0.4) is 0 Å². The quantitative estimate of drug-likeness (QED) is 0.399. The van der Waals surface area contributed by atoms with Crippen molar-refractivity contribution in [3.05, 3.63) is 69.8 Å². The van der Waals surface area contributed by atoms with Gasteiger partial charge in [0.05, 0.1) is 4.92 Å². The number of nitro groups is 1. The van der Waals surface area contributed by atoms with Gasteiger partial charge in [-0.2, -0.15) is 0 Å². The minimum atomic E-state index is -0.400. The number of carbonyl (C=O) groups is 1. The fourth-order valence-electron chi connectivity index (χ4n) is 3.66. The molecule has 3 rings (SSSR count). The number of rotatable bonds is 9. The molecule has 7 nitrogen and oxygen atoms in total. The van der Waals surface area contributed by atoms with E-state index in [-0.39, 0.29) is 11.6 Å². The van der Waals surface area contributed by atoms with Crippen molar-refractivity contribution in [1.82, 2.24) is 10.2 Å². The van der Waals surface area contributed by atoms with Crippen molar-refractivity contribution < 1.29 is 9.72 Å². The second-order valence-corrected chi connectivity index (χ2v) is 7.49.